The fraction of sp³-hybridized carbons (Fsp3) is 0.267. The maximum Gasteiger partial charge on any atom is 0.223 e. The third-order valence-electron chi connectivity index (χ3n) is 2.66. The SMILES string of the molecule is O=C(CCOc1ccccc1)NCCc1cnccn1. The summed E-state index contributed by atoms with van der Waals surface area (Å²) in [6.07, 6.45) is 5.99. The molecule has 0 radical (unpaired) electrons. The minimum atomic E-state index is -0.0233. The van der Waals surface area contributed by atoms with Crippen molar-refractivity contribution >= 4 is 5.91 Å². The second-order valence-corrected chi connectivity index (χ2v) is 4.21. The Bertz CT molecular complexity index is 470. The second-order valence-electron chi connectivity index (χ2n) is 4.21. The molecule has 5 nitrogen and oxygen atoms in total. The van der Waals surface area contributed by atoms with Gasteiger partial charge in [0.2, 0.25) is 5.91 Å². The normalized spacial score (nSPS) is 10.0. The molecule has 0 atom stereocenters. The van der Waals surface area contributed by atoms with E-state index in [1.165, 1.54) is 0 Å². The van der Waals surface area contributed by atoms with Gasteiger partial charge in [-0.05, 0) is 12.1 Å². The van der Waals surface area contributed by atoms with Crippen molar-refractivity contribution in [3.05, 3.63) is 54.6 Å². The van der Waals surface area contributed by atoms with Crippen LogP contribution in [0.3, 0.4) is 0 Å². The first-order chi connectivity index (χ1) is 9.84. The Labute approximate surface area is 118 Å². The summed E-state index contributed by atoms with van der Waals surface area (Å²) in [6.45, 7) is 0.934. The number of amides is 1. The number of aromatic nitrogens is 2. The van der Waals surface area contributed by atoms with Crippen LogP contribution in [0.15, 0.2) is 48.9 Å². The van der Waals surface area contributed by atoms with E-state index in [1.807, 2.05) is 30.3 Å². The third kappa shape index (κ3) is 5.06. The van der Waals surface area contributed by atoms with Gasteiger partial charge in [0.25, 0.3) is 0 Å². The number of carbonyl (C=O) groups is 1. The number of rotatable bonds is 7. The van der Waals surface area contributed by atoms with Crippen LogP contribution < -0.4 is 10.1 Å². The van der Waals surface area contributed by atoms with Crippen LogP contribution in [0.4, 0.5) is 0 Å². The fourth-order valence-corrected chi connectivity index (χ4v) is 1.66. The van der Waals surface area contributed by atoms with Gasteiger partial charge in [-0.25, -0.2) is 0 Å². The van der Waals surface area contributed by atoms with Crippen LogP contribution in [0, 0.1) is 0 Å². The zero-order valence-electron chi connectivity index (χ0n) is 11.2. The minimum absolute atomic E-state index is 0.0233. The van der Waals surface area contributed by atoms with Crippen molar-refractivity contribution in [2.75, 3.05) is 13.2 Å². The predicted molar refractivity (Wildman–Crippen MR) is 75.3 cm³/mol. The number of benzene rings is 1. The van der Waals surface area contributed by atoms with Crippen molar-refractivity contribution in [3.63, 3.8) is 0 Å². The average molecular weight is 271 g/mol. The van der Waals surface area contributed by atoms with Crippen molar-refractivity contribution in [2.45, 2.75) is 12.8 Å². The summed E-state index contributed by atoms with van der Waals surface area (Å²) < 4.78 is 5.46. The number of para-hydroxylation sites is 1. The van der Waals surface area contributed by atoms with Gasteiger partial charge in [0, 0.05) is 31.6 Å². The highest BCUT2D eigenvalue weighted by Crippen LogP contribution is 2.08. The molecule has 0 unspecified atom stereocenters. The van der Waals surface area contributed by atoms with Gasteiger partial charge in [0.05, 0.1) is 18.7 Å². The molecule has 1 aromatic heterocycles. The van der Waals surface area contributed by atoms with Crippen LogP contribution in [0.1, 0.15) is 12.1 Å². The largest absolute Gasteiger partial charge is 0.493 e. The lowest BCUT2D eigenvalue weighted by Gasteiger charge is -2.07. The summed E-state index contributed by atoms with van der Waals surface area (Å²) in [4.78, 5) is 19.7. The van der Waals surface area contributed by atoms with Gasteiger partial charge < -0.3 is 10.1 Å². The molecule has 5 heteroatoms. The number of carbonyl (C=O) groups excluding carboxylic acids is 1. The van der Waals surface area contributed by atoms with Crippen LogP contribution in [-0.2, 0) is 11.2 Å². The van der Waals surface area contributed by atoms with Crippen molar-refractivity contribution in [3.8, 4) is 5.75 Å². The van der Waals surface area contributed by atoms with E-state index in [0.29, 0.717) is 26.0 Å². The zero-order chi connectivity index (χ0) is 14.0. The first-order valence-electron chi connectivity index (χ1n) is 6.54. The topological polar surface area (TPSA) is 64.1 Å². The molecule has 1 amide bonds. The maximum absolute atomic E-state index is 11.6. The maximum atomic E-state index is 11.6. The number of ether oxygens (including phenoxy) is 1. The molecule has 2 aromatic rings. The van der Waals surface area contributed by atoms with Crippen LogP contribution in [0.2, 0.25) is 0 Å². The van der Waals surface area contributed by atoms with Gasteiger partial charge in [-0.15, -0.1) is 0 Å². The van der Waals surface area contributed by atoms with Crippen molar-refractivity contribution in [2.24, 2.45) is 0 Å². The lowest BCUT2D eigenvalue weighted by molar-refractivity contribution is -0.121. The van der Waals surface area contributed by atoms with Gasteiger partial charge in [-0.2, -0.15) is 0 Å². The molecule has 1 N–H and O–H groups in total. The van der Waals surface area contributed by atoms with Crippen molar-refractivity contribution in [1.82, 2.24) is 15.3 Å². The Morgan fingerprint density at radius 2 is 2.05 bits per heavy atom. The molecule has 1 heterocycles. The molecule has 0 aliphatic carbocycles. The van der Waals surface area contributed by atoms with E-state index >= 15 is 0 Å². The smallest absolute Gasteiger partial charge is 0.223 e. The summed E-state index contributed by atoms with van der Waals surface area (Å²) in [7, 11) is 0. The predicted octanol–water partition coefficient (Wildman–Crippen LogP) is 1.60. The molecule has 0 saturated heterocycles. The Morgan fingerprint density at radius 1 is 1.20 bits per heavy atom. The molecule has 1 aromatic carbocycles. The van der Waals surface area contributed by atoms with E-state index in [2.05, 4.69) is 15.3 Å². The lowest BCUT2D eigenvalue weighted by Crippen LogP contribution is -2.27. The molecule has 0 spiro atoms. The van der Waals surface area contributed by atoms with Crippen LogP contribution in [0.5, 0.6) is 5.75 Å². The number of nitrogens with one attached hydrogen (secondary N) is 1. The molecular weight excluding hydrogens is 254 g/mol. The van der Waals surface area contributed by atoms with E-state index < -0.39 is 0 Å². The summed E-state index contributed by atoms with van der Waals surface area (Å²) in [6, 6.07) is 9.45. The minimum Gasteiger partial charge on any atom is -0.493 e. The van der Waals surface area contributed by atoms with Crippen LogP contribution in [-0.4, -0.2) is 29.0 Å². The van der Waals surface area contributed by atoms with Gasteiger partial charge in [0.15, 0.2) is 0 Å². The van der Waals surface area contributed by atoms with E-state index in [4.69, 9.17) is 4.74 Å². The first-order valence-corrected chi connectivity index (χ1v) is 6.54. The standard InChI is InChI=1S/C15H17N3O2/c19-15(7-11-20-14-4-2-1-3-5-14)18-8-6-13-12-16-9-10-17-13/h1-5,9-10,12H,6-8,11H2,(H,18,19). The zero-order valence-corrected chi connectivity index (χ0v) is 11.2. The van der Waals surface area contributed by atoms with Gasteiger partial charge >= 0.3 is 0 Å². The molecule has 104 valence electrons. The van der Waals surface area contributed by atoms with Crippen LogP contribution >= 0.6 is 0 Å². The van der Waals surface area contributed by atoms with E-state index in [-0.39, 0.29) is 5.91 Å². The monoisotopic (exact) mass is 271 g/mol. The summed E-state index contributed by atoms with van der Waals surface area (Å²) in [5.74, 6) is 0.754. The first kappa shape index (κ1) is 14.0. The quantitative estimate of drug-likeness (QED) is 0.831. The highest BCUT2D eigenvalue weighted by atomic mass is 16.5. The highest BCUT2D eigenvalue weighted by molar-refractivity contribution is 5.75. The Morgan fingerprint density at radius 3 is 2.80 bits per heavy atom. The van der Waals surface area contributed by atoms with Crippen LogP contribution in [0.25, 0.3) is 0 Å². The van der Waals surface area contributed by atoms with Crippen molar-refractivity contribution < 1.29 is 9.53 Å². The Kier molecular flexibility index (Phi) is 5.52. The van der Waals surface area contributed by atoms with E-state index in [9.17, 15) is 4.79 Å². The van der Waals surface area contributed by atoms with Gasteiger partial charge in [0.1, 0.15) is 5.75 Å². The molecule has 0 aliphatic rings. The molecule has 20 heavy (non-hydrogen) atoms. The summed E-state index contributed by atoms with van der Waals surface area (Å²) in [5.41, 5.74) is 0.869. The Hall–Kier alpha value is -2.43. The van der Waals surface area contributed by atoms with Crippen molar-refractivity contribution in [1.29, 1.82) is 0 Å². The summed E-state index contributed by atoms with van der Waals surface area (Å²) in [5, 5.41) is 2.83. The molecule has 0 saturated carbocycles. The second kappa shape index (κ2) is 7.89. The van der Waals surface area contributed by atoms with E-state index in [1.54, 1.807) is 18.6 Å². The lowest BCUT2D eigenvalue weighted by atomic mass is 10.3. The number of nitrogens with zero attached hydrogens (tertiary/aromatic N) is 2. The fourth-order valence-electron chi connectivity index (χ4n) is 1.66. The number of hydrogen-bond donors (Lipinski definition) is 1. The third-order valence-corrected chi connectivity index (χ3v) is 2.66. The molecule has 0 bridgehead atoms. The number of hydrogen-bond acceptors (Lipinski definition) is 4. The summed E-state index contributed by atoms with van der Waals surface area (Å²) >= 11 is 0. The molecule has 0 fully saturated rings. The van der Waals surface area contributed by atoms with Gasteiger partial charge in [-0.1, -0.05) is 18.2 Å². The average Bonchev–Trinajstić information content (AvgIpc) is 2.49. The van der Waals surface area contributed by atoms with Gasteiger partial charge in [-0.3, -0.25) is 14.8 Å². The van der Waals surface area contributed by atoms with E-state index in [0.717, 1.165) is 11.4 Å². The molecule has 2 rings (SSSR count). The molecule has 0 aliphatic heterocycles. The Balaban J connectivity index is 1.59. The molecular formula is C15H17N3O2. The highest BCUT2D eigenvalue weighted by Gasteiger charge is 2.02.